The van der Waals surface area contributed by atoms with E-state index in [2.05, 4.69) is 63.8 Å². The van der Waals surface area contributed by atoms with Crippen molar-refractivity contribution in [1.29, 1.82) is 0 Å². The van der Waals surface area contributed by atoms with E-state index in [-0.39, 0.29) is 24.0 Å². The van der Waals surface area contributed by atoms with Crippen LogP contribution in [0.15, 0.2) is 39.3 Å². The summed E-state index contributed by atoms with van der Waals surface area (Å²) in [5.41, 5.74) is 1.39. The van der Waals surface area contributed by atoms with Gasteiger partial charge < -0.3 is 10.6 Å². The average Bonchev–Trinajstić information content (AvgIpc) is 3.20. The minimum Gasteiger partial charge on any atom is -0.356 e. The molecule has 2 atom stereocenters. The maximum atomic E-state index is 4.31. The van der Waals surface area contributed by atoms with E-state index in [4.69, 9.17) is 0 Å². The first-order valence-corrected chi connectivity index (χ1v) is 9.50. The number of thiophene rings is 2. The molecule has 2 N–H and O–H groups in total. The van der Waals surface area contributed by atoms with Crippen molar-refractivity contribution >= 4 is 52.6 Å². The summed E-state index contributed by atoms with van der Waals surface area (Å²) >= 11 is 3.58. The molecule has 128 valence electrons. The number of rotatable bonds is 7. The molecule has 2 heterocycles. The van der Waals surface area contributed by atoms with E-state index in [0.717, 1.165) is 25.5 Å². The van der Waals surface area contributed by atoms with Crippen LogP contribution in [0.3, 0.4) is 0 Å². The van der Waals surface area contributed by atoms with Gasteiger partial charge in [0.15, 0.2) is 5.96 Å². The van der Waals surface area contributed by atoms with Crippen molar-refractivity contribution in [3.05, 3.63) is 44.8 Å². The van der Waals surface area contributed by atoms with Gasteiger partial charge in [-0.1, -0.05) is 19.9 Å². The maximum Gasteiger partial charge on any atom is 0.191 e. The third-order valence-corrected chi connectivity index (χ3v) is 5.26. The van der Waals surface area contributed by atoms with Gasteiger partial charge in [-0.15, -0.1) is 35.3 Å². The quantitative estimate of drug-likeness (QED) is 0.359. The van der Waals surface area contributed by atoms with Gasteiger partial charge in [-0.3, -0.25) is 4.99 Å². The van der Waals surface area contributed by atoms with Crippen LogP contribution in [-0.2, 0) is 6.42 Å². The van der Waals surface area contributed by atoms with E-state index in [1.807, 2.05) is 18.4 Å². The second-order valence-electron chi connectivity index (χ2n) is 5.68. The molecule has 0 aliphatic heterocycles. The fourth-order valence-electron chi connectivity index (χ4n) is 2.26. The molecule has 0 radical (unpaired) electrons. The zero-order chi connectivity index (χ0) is 15.8. The molecule has 0 aromatic carbocycles. The van der Waals surface area contributed by atoms with Gasteiger partial charge in [-0.05, 0) is 52.1 Å². The minimum atomic E-state index is 0. The largest absolute Gasteiger partial charge is 0.356 e. The SMILES string of the molecule is CN=C(NCC(C)Cc1cccs1)NCC(C)c1ccsc1.I. The molecule has 0 aliphatic rings. The van der Waals surface area contributed by atoms with Crippen molar-refractivity contribution in [2.45, 2.75) is 26.2 Å². The number of aliphatic imine (C=N–C) groups is 1. The second kappa shape index (κ2) is 11.0. The van der Waals surface area contributed by atoms with Crippen molar-refractivity contribution in [3.8, 4) is 0 Å². The van der Waals surface area contributed by atoms with Crippen LogP contribution in [0.25, 0.3) is 0 Å². The molecule has 2 rings (SSSR count). The summed E-state index contributed by atoms with van der Waals surface area (Å²) < 4.78 is 0. The van der Waals surface area contributed by atoms with Crippen molar-refractivity contribution < 1.29 is 0 Å². The van der Waals surface area contributed by atoms with E-state index in [9.17, 15) is 0 Å². The van der Waals surface area contributed by atoms with Crippen LogP contribution >= 0.6 is 46.7 Å². The fraction of sp³-hybridized carbons (Fsp3) is 0.471. The normalized spacial score (nSPS) is 14.0. The highest BCUT2D eigenvalue weighted by Crippen LogP contribution is 2.17. The zero-order valence-corrected chi connectivity index (χ0v) is 17.9. The summed E-state index contributed by atoms with van der Waals surface area (Å²) in [5.74, 6) is 1.97. The molecule has 0 aliphatic carbocycles. The molecular formula is C17H26IN3S2. The zero-order valence-electron chi connectivity index (χ0n) is 13.9. The number of halogens is 1. The molecule has 23 heavy (non-hydrogen) atoms. The van der Waals surface area contributed by atoms with Crippen molar-refractivity contribution in [3.63, 3.8) is 0 Å². The first-order valence-electron chi connectivity index (χ1n) is 7.68. The van der Waals surface area contributed by atoms with E-state index < -0.39 is 0 Å². The highest BCUT2D eigenvalue weighted by Gasteiger charge is 2.09. The number of hydrogen-bond acceptors (Lipinski definition) is 3. The lowest BCUT2D eigenvalue weighted by Gasteiger charge is -2.17. The van der Waals surface area contributed by atoms with Gasteiger partial charge >= 0.3 is 0 Å². The molecule has 0 bridgehead atoms. The van der Waals surface area contributed by atoms with E-state index >= 15 is 0 Å². The number of nitrogens with zero attached hydrogens (tertiary/aromatic N) is 1. The van der Waals surface area contributed by atoms with Crippen molar-refractivity contribution in [2.75, 3.05) is 20.1 Å². The molecule has 2 aromatic heterocycles. The lowest BCUT2D eigenvalue weighted by molar-refractivity contribution is 0.560. The van der Waals surface area contributed by atoms with Gasteiger partial charge in [-0.25, -0.2) is 0 Å². The third kappa shape index (κ3) is 7.22. The molecule has 2 unspecified atom stereocenters. The Balaban J connectivity index is 0.00000264. The molecule has 3 nitrogen and oxygen atoms in total. The minimum absolute atomic E-state index is 0. The van der Waals surface area contributed by atoms with Gasteiger partial charge in [0.25, 0.3) is 0 Å². The van der Waals surface area contributed by atoms with Gasteiger partial charge in [0.1, 0.15) is 0 Å². The van der Waals surface area contributed by atoms with Crippen LogP contribution in [0.2, 0.25) is 0 Å². The standard InChI is InChI=1S/C17H25N3S2.HI/c1-13(9-16-5-4-7-22-16)10-19-17(18-3)20-11-14(2)15-6-8-21-12-15;/h4-8,12-14H,9-11H2,1-3H3,(H2,18,19,20);1H. The molecule has 0 amide bonds. The number of hydrogen-bond donors (Lipinski definition) is 2. The maximum absolute atomic E-state index is 4.31. The predicted octanol–water partition coefficient (Wildman–Crippen LogP) is 4.57. The first kappa shape index (κ1) is 20.4. The molecular weight excluding hydrogens is 437 g/mol. The lowest BCUT2D eigenvalue weighted by Crippen LogP contribution is -2.41. The molecule has 0 saturated carbocycles. The van der Waals surface area contributed by atoms with E-state index in [0.29, 0.717) is 11.8 Å². The molecule has 2 aromatic rings. The summed E-state index contributed by atoms with van der Waals surface area (Å²) in [6.07, 6.45) is 1.12. The smallest absolute Gasteiger partial charge is 0.191 e. The van der Waals surface area contributed by atoms with E-state index in [1.54, 1.807) is 11.3 Å². The van der Waals surface area contributed by atoms with Crippen molar-refractivity contribution in [2.24, 2.45) is 10.9 Å². The van der Waals surface area contributed by atoms with Crippen molar-refractivity contribution in [1.82, 2.24) is 10.6 Å². The summed E-state index contributed by atoms with van der Waals surface area (Å²) in [5, 5.41) is 13.3. The first-order chi connectivity index (χ1) is 10.7. The molecule has 6 heteroatoms. The summed E-state index contributed by atoms with van der Waals surface area (Å²) in [6.45, 7) is 6.34. The number of guanidine groups is 1. The topological polar surface area (TPSA) is 36.4 Å². The summed E-state index contributed by atoms with van der Waals surface area (Å²) in [4.78, 5) is 5.76. The van der Waals surface area contributed by atoms with Crippen LogP contribution in [0, 0.1) is 5.92 Å². The van der Waals surface area contributed by atoms with Gasteiger partial charge in [0, 0.05) is 25.0 Å². The highest BCUT2D eigenvalue weighted by atomic mass is 127. The monoisotopic (exact) mass is 463 g/mol. The lowest BCUT2D eigenvalue weighted by atomic mass is 10.1. The Morgan fingerprint density at radius 3 is 2.57 bits per heavy atom. The van der Waals surface area contributed by atoms with Gasteiger partial charge in [0.05, 0.1) is 0 Å². The average molecular weight is 463 g/mol. The van der Waals surface area contributed by atoms with Crippen LogP contribution in [0.1, 0.15) is 30.2 Å². The summed E-state index contributed by atoms with van der Waals surface area (Å²) in [6, 6.07) is 6.51. The van der Waals surface area contributed by atoms with Gasteiger partial charge in [-0.2, -0.15) is 11.3 Å². The van der Waals surface area contributed by atoms with E-state index in [1.165, 1.54) is 10.4 Å². The summed E-state index contributed by atoms with van der Waals surface area (Å²) in [7, 11) is 1.83. The Bertz CT molecular complexity index is 552. The molecule has 0 spiro atoms. The second-order valence-corrected chi connectivity index (χ2v) is 7.49. The Hall–Kier alpha value is -0.600. The van der Waals surface area contributed by atoms with Crippen LogP contribution in [0.4, 0.5) is 0 Å². The van der Waals surface area contributed by atoms with Crippen LogP contribution in [-0.4, -0.2) is 26.1 Å². The Morgan fingerprint density at radius 2 is 1.96 bits per heavy atom. The van der Waals surface area contributed by atoms with Crippen LogP contribution in [0.5, 0.6) is 0 Å². The Kier molecular flexibility index (Phi) is 9.81. The molecule has 0 saturated heterocycles. The molecule has 0 fully saturated rings. The Labute approximate surface area is 164 Å². The van der Waals surface area contributed by atoms with Crippen LogP contribution < -0.4 is 10.6 Å². The Morgan fingerprint density at radius 1 is 1.17 bits per heavy atom. The number of nitrogens with one attached hydrogen (secondary N) is 2. The highest BCUT2D eigenvalue weighted by molar-refractivity contribution is 14.0. The predicted molar refractivity (Wildman–Crippen MR) is 115 cm³/mol. The van der Waals surface area contributed by atoms with Gasteiger partial charge in [0.2, 0.25) is 0 Å². The third-order valence-electron chi connectivity index (χ3n) is 3.66. The fourth-order valence-corrected chi connectivity index (χ4v) is 3.91.